The van der Waals surface area contributed by atoms with E-state index >= 15 is 0 Å². The van der Waals surface area contributed by atoms with Crippen molar-refractivity contribution in [1.29, 1.82) is 0 Å². The van der Waals surface area contributed by atoms with Crippen LogP contribution in [0.3, 0.4) is 0 Å². The Hall–Kier alpha value is -2.29. The van der Waals surface area contributed by atoms with Gasteiger partial charge in [0.05, 0.1) is 0 Å². The number of amides is 1. The van der Waals surface area contributed by atoms with Gasteiger partial charge in [0.2, 0.25) is 0 Å². The average Bonchev–Trinajstić information content (AvgIpc) is 2.51. The van der Waals surface area contributed by atoms with Crippen LogP contribution in [0.4, 0.5) is 5.69 Å². The van der Waals surface area contributed by atoms with Gasteiger partial charge in [-0.05, 0) is 62.9 Å². The smallest absolute Gasteiger partial charge is 0.265 e. The lowest BCUT2D eigenvalue weighted by atomic mass is 10.1. The average molecular weight is 311 g/mol. The largest absolute Gasteiger partial charge is 0.480 e. The van der Waals surface area contributed by atoms with Crippen LogP contribution in [0.15, 0.2) is 36.4 Å². The van der Waals surface area contributed by atoms with Crippen LogP contribution in [0, 0.1) is 27.7 Å². The lowest BCUT2D eigenvalue weighted by molar-refractivity contribution is -0.122. The molecule has 0 saturated carbocycles. The monoisotopic (exact) mass is 311 g/mol. The van der Waals surface area contributed by atoms with Crippen molar-refractivity contribution >= 4 is 11.6 Å². The summed E-state index contributed by atoms with van der Waals surface area (Å²) in [6.45, 7) is 10.0. The van der Waals surface area contributed by atoms with Crippen LogP contribution in [0.25, 0.3) is 0 Å². The number of hydrogen-bond acceptors (Lipinski definition) is 2. The summed E-state index contributed by atoms with van der Waals surface area (Å²) in [6.07, 6.45) is 0.112. The van der Waals surface area contributed by atoms with Crippen LogP contribution < -0.4 is 10.1 Å². The molecule has 2 rings (SSSR count). The van der Waals surface area contributed by atoms with Crippen molar-refractivity contribution in [1.82, 2.24) is 0 Å². The second kappa shape index (κ2) is 7.32. The highest BCUT2D eigenvalue weighted by Gasteiger charge is 2.20. The number of benzene rings is 2. The molecule has 1 N–H and O–H groups in total. The molecule has 0 aliphatic carbocycles. The first kappa shape index (κ1) is 17.1. The van der Waals surface area contributed by atoms with Crippen molar-refractivity contribution in [3.05, 3.63) is 58.7 Å². The molecule has 23 heavy (non-hydrogen) atoms. The fourth-order valence-electron chi connectivity index (χ4n) is 2.49. The Kier molecular flexibility index (Phi) is 5.43. The molecule has 0 bridgehead atoms. The lowest BCUT2D eigenvalue weighted by Gasteiger charge is -2.20. The maximum Gasteiger partial charge on any atom is 0.265 e. The van der Waals surface area contributed by atoms with Crippen molar-refractivity contribution in [3.63, 3.8) is 0 Å². The summed E-state index contributed by atoms with van der Waals surface area (Å²) in [5.74, 6) is 0.660. The van der Waals surface area contributed by atoms with Gasteiger partial charge >= 0.3 is 0 Å². The number of aryl methyl sites for hydroxylation is 3. The van der Waals surface area contributed by atoms with Gasteiger partial charge in [0.1, 0.15) is 5.75 Å². The predicted octanol–water partition coefficient (Wildman–Crippen LogP) is 4.72. The summed E-state index contributed by atoms with van der Waals surface area (Å²) in [5.41, 5.74) is 5.31. The molecular weight excluding hydrogens is 286 g/mol. The minimum absolute atomic E-state index is 0.111. The summed E-state index contributed by atoms with van der Waals surface area (Å²) >= 11 is 0. The van der Waals surface area contributed by atoms with Crippen LogP contribution in [0.2, 0.25) is 0 Å². The molecule has 1 atom stereocenters. The molecule has 3 nitrogen and oxygen atoms in total. The van der Waals surface area contributed by atoms with E-state index < -0.39 is 6.10 Å². The van der Waals surface area contributed by atoms with E-state index in [1.165, 1.54) is 5.56 Å². The van der Waals surface area contributed by atoms with Gasteiger partial charge in [-0.1, -0.05) is 36.8 Å². The molecule has 0 aromatic heterocycles. The van der Waals surface area contributed by atoms with E-state index in [1.54, 1.807) is 0 Å². The first-order chi connectivity index (χ1) is 10.9. The van der Waals surface area contributed by atoms with Gasteiger partial charge in [-0.25, -0.2) is 0 Å². The molecule has 0 aliphatic rings. The number of anilines is 1. The van der Waals surface area contributed by atoms with Crippen molar-refractivity contribution in [2.45, 2.75) is 47.1 Å². The summed E-state index contributed by atoms with van der Waals surface area (Å²) in [7, 11) is 0. The molecule has 0 aliphatic heterocycles. The SMILES string of the molecule is CC[C@@H](Oc1cccc(C)c1C)C(=O)Nc1ccc(C)cc1C. The lowest BCUT2D eigenvalue weighted by Crippen LogP contribution is -2.32. The minimum Gasteiger partial charge on any atom is -0.480 e. The van der Waals surface area contributed by atoms with Gasteiger partial charge in [-0.3, -0.25) is 4.79 Å². The Morgan fingerprint density at radius 1 is 1.09 bits per heavy atom. The molecule has 2 aromatic rings. The van der Waals surface area contributed by atoms with Crippen molar-refractivity contribution in [3.8, 4) is 5.75 Å². The van der Waals surface area contributed by atoms with E-state index in [1.807, 2.05) is 65.0 Å². The van der Waals surface area contributed by atoms with Gasteiger partial charge < -0.3 is 10.1 Å². The maximum absolute atomic E-state index is 12.5. The third-order valence-electron chi connectivity index (χ3n) is 4.13. The molecule has 0 unspecified atom stereocenters. The number of ether oxygens (including phenoxy) is 1. The maximum atomic E-state index is 12.5. The Morgan fingerprint density at radius 2 is 1.83 bits per heavy atom. The van der Waals surface area contributed by atoms with E-state index in [0.29, 0.717) is 6.42 Å². The molecule has 0 fully saturated rings. The zero-order valence-electron chi connectivity index (χ0n) is 14.6. The predicted molar refractivity (Wildman–Crippen MR) is 95.2 cm³/mol. The molecule has 0 heterocycles. The summed E-state index contributed by atoms with van der Waals surface area (Å²) in [4.78, 5) is 12.5. The minimum atomic E-state index is -0.504. The van der Waals surface area contributed by atoms with Crippen molar-refractivity contribution in [2.24, 2.45) is 0 Å². The summed E-state index contributed by atoms with van der Waals surface area (Å²) in [6, 6.07) is 11.9. The van der Waals surface area contributed by atoms with Gasteiger partial charge in [-0.15, -0.1) is 0 Å². The molecular formula is C20H25NO2. The highest BCUT2D eigenvalue weighted by atomic mass is 16.5. The molecule has 0 saturated heterocycles. The summed E-state index contributed by atoms with van der Waals surface area (Å²) < 4.78 is 5.96. The Balaban J connectivity index is 2.14. The van der Waals surface area contributed by atoms with Crippen LogP contribution in [-0.2, 0) is 4.79 Å². The van der Waals surface area contributed by atoms with E-state index in [2.05, 4.69) is 11.4 Å². The second-order valence-corrected chi connectivity index (χ2v) is 6.02. The first-order valence-corrected chi connectivity index (χ1v) is 8.03. The van der Waals surface area contributed by atoms with E-state index in [9.17, 15) is 4.79 Å². The number of hydrogen-bond donors (Lipinski definition) is 1. The van der Waals surface area contributed by atoms with Crippen LogP contribution in [-0.4, -0.2) is 12.0 Å². The first-order valence-electron chi connectivity index (χ1n) is 8.03. The topological polar surface area (TPSA) is 38.3 Å². The Labute approximate surface area is 138 Å². The molecule has 0 radical (unpaired) electrons. The van der Waals surface area contributed by atoms with Gasteiger partial charge in [0.15, 0.2) is 6.10 Å². The number of nitrogens with one attached hydrogen (secondary N) is 1. The Morgan fingerprint density at radius 3 is 2.48 bits per heavy atom. The van der Waals surface area contributed by atoms with E-state index in [0.717, 1.165) is 28.1 Å². The van der Waals surface area contributed by atoms with E-state index in [4.69, 9.17) is 4.74 Å². The van der Waals surface area contributed by atoms with Crippen molar-refractivity contribution < 1.29 is 9.53 Å². The Bertz CT molecular complexity index is 707. The third-order valence-corrected chi connectivity index (χ3v) is 4.13. The number of rotatable bonds is 5. The highest BCUT2D eigenvalue weighted by molar-refractivity contribution is 5.95. The second-order valence-electron chi connectivity index (χ2n) is 6.02. The fourth-order valence-corrected chi connectivity index (χ4v) is 2.49. The highest BCUT2D eigenvalue weighted by Crippen LogP contribution is 2.23. The molecule has 1 amide bonds. The molecule has 3 heteroatoms. The van der Waals surface area contributed by atoms with Crippen LogP contribution in [0.1, 0.15) is 35.6 Å². The molecule has 122 valence electrons. The van der Waals surface area contributed by atoms with Crippen LogP contribution >= 0.6 is 0 Å². The normalized spacial score (nSPS) is 11.9. The van der Waals surface area contributed by atoms with Gasteiger partial charge in [0, 0.05) is 5.69 Å². The molecule has 0 spiro atoms. The summed E-state index contributed by atoms with van der Waals surface area (Å²) in [5, 5.41) is 2.98. The number of carbonyl (C=O) groups is 1. The fraction of sp³-hybridized carbons (Fsp3) is 0.350. The molecule has 2 aromatic carbocycles. The quantitative estimate of drug-likeness (QED) is 0.868. The standard InChI is InChI=1S/C20H25NO2/c1-6-18(23-19-9-7-8-14(3)16(19)5)20(22)21-17-11-10-13(2)12-15(17)4/h7-12,18H,6H2,1-5H3,(H,21,22)/t18-/m1/s1. The zero-order valence-corrected chi connectivity index (χ0v) is 14.6. The third kappa shape index (κ3) is 4.13. The number of carbonyl (C=O) groups excluding carboxylic acids is 1. The van der Waals surface area contributed by atoms with E-state index in [-0.39, 0.29) is 5.91 Å². The van der Waals surface area contributed by atoms with Crippen LogP contribution in [0.5, 0.6) is 5.75 Å². The van der Waals surface area contributed by atoms with Gasteiger partial charge in [-0.2, -0.15) is 0 Å². The zero-order chi connectivity index (χ0) is 17.0. The van der Waals surface area contributed by atoms with Crippen molar-refractivity contribution in [2.75, 3.05) is 5.32 Å². The van der Waals surface area contributed by atoms with Gasteiger partial charge in [0.25, 0.3) is 5.91 Å².